The number of carbonyl (C=O) groups excluding carboxylic acids is 3. The highest BCUT2D eigenvalue weighted by atomic mass is 32.1. The van der Waals surface area contributed by atoms with Crippen molar-refractivity contribution in [2.24, 2.45) is 0 Å². The van der Waals surface area contributed by atoms with E-state index in [1.54, 1.807) is 10.3 Å². The predicted molar refractivity (Wildman–Crippen MR) is 93.4 cm³/mol. The highest BCUT2D eigenvalue weighted by Gasteiger charge is 2.24. The topological polar surface area (TPSA) is 88.6 Å². The molecule has 0 saturated carbocycles. The summed E-state index contributed by atoms with van der Waals surface area (Å²) in [7, 11) is 0. The van der Waals surface area contributed by atoms with E-state index in [1.807, 2.05) is 0 Å². The number of aromatic nitrogens is 1. The molecule has 1 aromatic heterocycles. The van der Waals surface area contributed by atoms with Crippen molar-refractivity contribution in [1.29, 1.82) is 0 Å². The monoisotopic (exact) mass is 395 g/mol. The zero-order valence-corrected chi connectivity index (χ0v) is 14.9. The van der Waals surface area contributed by atoms with Crippen molar-refractivity contribution in [3.8, 4) is 0 Å². The largest absolute Gasteiger partial charge is 0.455 e. The smallest absolute Gasteiger partial charge is 0.312 e. The summed E-state index contributed by atoms with van der Waals surface area (Å²) >= 11 is 1.26. The molecule has 142 valence electrons. The number of benzene rings is 1. The van der Waals surface area contributed by atoms with Crippen LogP contribution in [0.5, 0.6) is 0 Å². The quantitative estimate of drug-likeness (QED) is 0.758. The normalized spacial score (nSPS) is 13.7. The average Bonchev–Trinajstić information content (AvgIpc) is 3.24. The van der Waals surface area contributed by atoms with Crippen LogP contribution in [0.25, 0.3) is 0 Å². The lowest BCUT2D eigenvalue weighted by Gasteiger charge is -2.10. The minimum absolute atomic E-state index is 0.00294. The lowest BCUT2D eigenvalue weighted by atomic mass is 10.3. The lowest BCUT2D eigenvalue weighted by molar-refractivity contribution is -0.146. The SMILES string of the molecule is O=C(COC(=O)Cc1csc(N2CCCC2=O)n1)Nc1ccc(F)cc1F. The fourth-order valence-electron chi connectivity index (χ4n) is 2.47. The highest BCUT2D eigenvalue weighted by molar-refractivity contribution is 7.14. The number of hydrogen-bond donors (Lipinski definition) is 1. The molecule has 2 aromatic rings. The van der Waals surface area contributed by atoms with Gasteiger partial charge in [0.15, 0.2) is 11.7 Å². The Morgan fingerprint density at radius 2 is 2.15 bits per heavy atom. The number of amides is 2. The fourth-order valence-corrected chi connectivity index (χ4v) is 3.34. The first-order chi connectivity index (χ1) is 12.9. The molecule has 1 aromatic carbocycles. The van der Waals surface area contributed by atoms with Gasteiger partial charge in [0.25, 0.3) is 5.91 Å². The molecule has 10 heteroatoms. The van der Waals surface area contributed by atoms with Crippen LogP contribution >= 0.6 is 11.3 Å². The molecule has 0 bridgehead atoms. The van der Waals surface area contributed by atoms with Crippen LogP contribution in [0.1, 0.15) is 18.5 Å². The van der Waals surface area contributed by atoms with Gasteiger partial charge in [0.2, 0.25) is 5.91 Å². The van der Waals surface area contributed by atoms with E-state index in [-0.39, 0.29) is 18.0 Å². The number of esters is 1. The Balaban J connectivity index is 1.47. The standard InChI is InChI=1S/C17H15F2N3O4S/c18-10-3-4-13(12(19)6-10)21-14(23)8-26-16(25)7-11-9-27-17(20-11)22-5-1-2-15(22)24/h3-4,6,9H,1-2,5,7-8H2,(H,21,23). The summed E-state index contributed by atoms with van der Waals surface area (Å²) in [5.41, 5.74) is 0.224. The van der Waals surface area contributed by atoms with Gasteiger partial charge in [-0.1, -0.05) is 0 Å². The third-order valence-electron chi connectivity index (χ3n) is 3.74. The van der Waals surface area contributed by atoms with Crippen LogP contribution in [0.3, 0.4) is 0 Å². The minimum Gasteiger partial charge on any atom is -0.455 e. The zero-order valence-electron chi connectivity index (χ0n) is 14.0. The van der Waals surface area contributed by atoms with Crippen molar-refractivity contribution in [2.75, 3.05) is 23.4 Å². The maximum absolute atomic E-state index is 13.5. The van der Waals surface area contributed by atoms with Crippen molar-refractivity contribution >= 4 is 39.9 Å². The first kappa shape index (κ1) is 18.9. The molecule has 0 radical (unpaired) electrons. The van der Waals surface area contributed by atoms with Crippen molar-refractivity contribution in [3.05, 3.63) is 40.9 Å². The Morgan fingerprint density at radius 1 is 1.33 bits per heavy atom. The Labute approximate surface area is 157 Å². The van der Waals surface area contributed by atoms with E-state index < -0.39 is 30.1 Å². The number of nitrogens with one attached hydrogen (secondary N) is 1. The summed E-state index contributed by atoms with van der Waals surface area (Å²) in [5, 5.41) is 4.37. The van der Waals surface area contributed by atoms with Gasteiger partial charge in [-0.2, -0.15) is 0 Å². The molecule has 1 N–H and O–H groups in total. The molecular weight excluding hydrogens is 380 g/mol. The Hall–Kier alpha value is -2.88. The van der Waals surface area contributed by atoms with E-state index in [2.05, 4.69) is 10.3 Å². The van der Waals surface area contributed by atoms with E-state index in [0.717, 1.165) is 18.6 Å². The molecule has 2 heterocycles. The van der Waals surface area contributed by atoms with Crippen LogP contribution in [0, 0.1) is 11.6 Å². The molecule has 27 heavy (non-hydrogen) atoms. The highest BCUT2D eigenvalue weighted by Crippen LogP contribution is 2.25. The van der Waals surface area contributed by atoms with E-state index in [9.17, 15) is 23.2 Å². The molecule has 7 nitrogen and oxygen atoms in total. The molecule has 1 aliphatic rings. The molecule has 0 aliphatic carbocycles. The number of nitrogens with zero attached hydrogens (tertiary/aromatic N) is 2. The summed E-state index contributed by atoms with van der Waals surface area (Å²) in [6.45, 7) is -0.00634. The van der Waals surface area contributed by atoms with Gasteiger partial charge in [0, 0.05) is 24.4 Å². The number of ether oxygens (including phenoxy) is 1. The number of rotatable bonds is 6. The lowest BCUT2D eigenvalue weighted by Crippen LogP contribution is -2.24. The van der Waals surface area contributed by atoms with Gasteiger partial charge in [-0.25, -0.2) is 13.8 Å². The molecule has 1 saturated heterocycles. The summed E-state index contributed by atoms with van der Waals surface area (Å²) in [4.78, 5) is 41.0. The Morgan fingerprint density at radius 3 is 2.85 bits per heavy atom. The summed E-state index contributed by atoms with van der Waals surface area (Å²) < 4.78 is 31.1. The molecule has 0 atom stereocenters. The first-order valence-electron chi connectivity index (χ1n) is 8.07. The van der Waals surface area contributed by atoms with E-state index in [1.165, 1.54) is 11.3 Å². The molecule has 1 fully saturated rings. The second kappa shape index (κ2) is 8.21. The number of carbonyl (C=O) groups is 3. The van der Waals surface area contributed by atoms with E-state index >= 15 is 0 Å². The van der Waals surface area contributed by atoms with Gasteiger partial charge in [0.1, 0.15) is 11.6 Å². The second-order valence-corrected chi connectivity index (χ2v) is 6.62. The maximum atomic E-state index is 13.5. The van der Waals surface area contributed by atoms with Gasteiger partial charge in [0.05, 0.1) is 17.8 Å². The van der Waals surface area contributed by atoms with Crippen LogP contribution < -0.4 is 10.2 Å². The molecule has 0 spiro atoms. The molecule has 1 aliphatic heterocycles. The first-order valence-corrected chi connectivity index (χ1v) is 8.95. The molecular formula is C17H15F2N3O4S. The van der Waals surface area contributed by atoms with Crippen molar-refractivity contribution in [3.63, 3.8) is 0 Å². The molecule has 3 rings (SSSR count). The van der Waals surface area contributed by atoms with Gasteiger partial charge >= 0.3 is 5.97 Å². The average molecular weight is 395 g/mol. The predicted octanol–water partition coefficient (Wildman–Crippen LogP) is 2.27. The van der Waals surface area contributed by atoms with Gasteiger partial charge < -0.3 is 10.1 Å². The number of thiazole rings is 1. The van der Waals surface area contributed by atoms with Crippen LogP contribution in [-0.4, -0.2) is 35.9 Å². The van der Waals surface area contributed by atoms with Crippen LogP contribution in [0.2, 0.25) is 0 Å². The number of halogens is 2. The van der Waals surface area contributed by atoms with E-state index in [4.69, 9.17) is 4.74 Å². The summed E-state index contributed by atoms with van der Waals surface area (Å²) in [6, 6.07) is 2.70. The fraction of sp³-hybridized carbons (Fsp3) is 0.294. The third-order valence-corrected chi connectivity index (χ3v) is 4.65. The van der Waals surface area contributed by atoms with Crippen molar-refractivity contribution in [1.82, 2.24) is 4.98 Å². The van der Waals surface area contributed by atoms with Crippen molar-refractivity contribution in [2.45, 2.75) is 19.3 Å². The van der Waals surface area contributed by atoms with Gasteiger partial charge in [-0.05, 0) is 18.6 Å². The van der Waals surface area contributed by atoms with Gasteiger partial charge in [-0.3, -0.25) is 19.3 Å². The summed E-state index contributed by atoms with van der Waals surface area (Å²) in [6.07, 6.45) is 1.11. The summed E-state index contributed by atoms with van der Waals surface area (Å²) in [5.74, 6) is -3.13. The minimum atomic E-state index is -0.930. The Kier molecular flexibility index (Phi) is 5.75. The van der Waals surface area contributed by atoms with Crippen LogP contribution in [0.4, 0.5) is 19.6 Å². The van der Waals surface area contributed by atoms with Gasteiger partial charge in [-0.15, -0.1) is 11.3 Å². The third kappa shape index (κ3) is 4.85. The van der Waals surface area contributed by atoms with Crippen molar-refractivity contribution < 1.29 is 27.9 Å². The second-order valence-electron chi connectivity index (χ2n) is 5.78. The Bertz CT molecular complexity index is 887. The van der Waals surface area contributed by atoms with E-state index in [0.29, 0.717) is 29.9 Å². The zero-order chi connectivity index (χ0) is 19.4. The molecule has 0 unspecified atom stereocenters. The van der Waals surface area contributed by atoms with Crippen LogP contribution in [-0.2, 0) is 25.5 Å². The maximum Gasteiger partial charge on any atom is 0.312 e. The number of hydrogen-bond acceptors (Lipinski definition) is 6. The number of anilines is 2. The molecule has 2 amide bonds. The van der Waals surface area contributed by atoms with Crippen LogP contribution in [0.15, 0.2) is 23.6 Å².